The van der Waals surface area contributed by atoms with Crippen LogP contribution < -0.4 is 0 Å². The number of aliphatic hydroxyl groups is 1. The van der Waals surface area contributed by atoms with Crippen LogP contribution in [-0.2, 0) is 65.4 Å². The maximum atomic E-state index is 13.1. The fourth-order valence-electron chi connectivity index (χ4n) is 13.0. The highest BCUT2D eigenvalue weighted by Gasteiger charge is 2.30. The number of rotatable bonds is 84. The van der Waals surface area contributed by atoms with Crippen molar-refractivity contribution in [2.75, 3.05) is 39.6 Å². The van der Waals surface area contributed by atoms with Gasteiger partial charge in [-0.25, -0.2) is 9.13 Å². The lowest BCUT2D eigenvalue weighted by Gasteiger charge is -2.21. The van der Waals surface area contributed by atoms with Crippen LogP contribution in [-0.4, -0.2) is 96.7 Å². The van der Waals surface area contributed by atoms with E-state index in [2.05, 4.69) is 27.7 Å². The molecule has 0 aliphatic carbocycles. The second-order valence-electron chi connectivity index (χ2n) is 29.9. The summed E-state index contributed by atoms with van der Waals surface area (Å²) < 4.78 is 68.8. The molecule has 3 N–H and O–H groups in total. The van der Waals surface area contributed by atoms with E-state index < -0.39 is 97.5 Å². The van der Waals surface area contributed by atoms with Crippen LogP contribution in [0.4, 0.5) is 0 Å². The number of carbonyl (C=O) groups excluding carboxylic acids is 4. The SMILES string of the molecule is CCCCCCCCCCCCCCCCCCCC(=O)OC[C@H](COP(=O)(O)OCC(O)COP(=O)(O)OC[C@@H](COC(=O)CCCCCCCCCCCCC)OC(=O)CCCCCCCCCCCCCCCCCCC)OC(=O)CCCCCCCCCCCCCCCCCCC. The molecule has 0 aliphatic rings. The molecule has 5 atom stereocenters. The second kappa shape index (κ2) is 77.2. The van der Waals surface area contributed by atoms with Crippen LogP contribution in [0.15, 0.2) is 0 Å². The van der Waals surface area contributed by atoms with Gasteiger partial charge >= 0.3 is 39.5 Å². The van der Waals surface area contributed by atoms with E-state index in [1.807, 2.05) is 0 Å². The Morgan fingerprint density at radius 2 is 0.392 bits per heavy atom. The van der Waals surface area contributed by atoms with E-state index >= 15 is 0 Å². The molecular formula is C83H162O17P2. The molecule has 3 unspecified atom stereocenters. The van der Waals surface area contributed by atoms with Gasteiger partial charge in [0.15, 0.2) is 12.2 Å². The molecule has 0 aromatic carbocycles. The number of phosphoric acid groups is 2. The number of aliphatic hydroxyl groups excluding tert-OH is 1. The van der Waals surface area contributed by atoms with Gasteiger partial charge < -0.3 is 33.8 Å². The summed E-state index contributed by atoms with van der Waals surface area (Å²) in [5.74, 6) is -2.10. The van der Waals surface area contributed by atoms with Gasteiger partial charge in [0, 0.05) is 25.7 Å². The molecule has 0 saturated carbocycles. The summed E-state index contributed by atoms with van der Waals surface area (Å²) in [4.78, 5) is 73.1. The van der Waals surface area contributed by atoms with Gasteiger partial charge in [-0.05, 0) is 25.7 Å². The van der Waals surface area contributed by atoms with Crippen LogP contribution in [0.2, 0.25) is 0 Å². The van der Waals surface area contributed by atoms with Gasteiger partial charge in [-0.15, -0.1) is 0 Å². The lowest BCUT2D eigenvalue weighted by molar-refractivity contribution is -0.161. The molecule has 0 radical (unpaired) electrons. The number of phosphoric ester groups is 2. The Hall–Kier alpha value is -1.94. The van der Waals surface area contributed by atoms with E-state index in [4.69, 9.17) is 37.0 Å². The number of esters is 4. The van der Waals surface area contributed by atoms with Crippen molar-refractivity contribution in [1.82, 2.24) is 0 Å². The van der Waals surface area contributed by atoms with Crippen LogP contribution in [0.3, 0.4) is 0 Å². The minimum atomic E-state index is -4.96. The standard InChI is InChI=1S/C83H162O17P2/c1-5-9-13-17-21-25-29-32-35-38-41-44-48-52-56-60-64-68-81(86)94-74-79(100-83(88)70-66-62-58-54-50-46-43-40-37-34-31-27-23-19-15-11-7-3)76-98-102(91,92)96-72-77(84)71-95-101(89,90)97-75-78(73-93-80(85)67-63-59-55-51-47-28-24-20-16-12-8-4)99-82(87)69-65-61-57-53-49-45-42-39-36-33-30-26-22-18-14-10-6-2/h77-79,84H,5-76H2,1-4H3,(H,89,90)(H,91,92)/t77?,78-,79-/m1/s1. The minimum Gasteiger partial charge on any atom is -0.462 e. The van der Waals surface area contributed by atoms with Gasteiger partial charge in [0.05, 0.1) is 26.4 Å². The third-order valence-electron chi connectivity index (χ3n) is 19.6. The number of hydrogen-bond donors (Lipinski definition) is 3. The van der Waals surface area contributed by atoms with Gasteiger partial charge in [0.2, 0.25) is 0 Å². The van der Waals surface area contributed by atoms with Gasteiger partial charge in [-0.3, -0.25) is 37.3 Å². The summed E-state index contributed by atoms with van der Waals surface area (Å²) in [5.41, 5.74) is 0. The van der Waals surface area contributed by atoms with Crippen molar-refractivity contribution in [3.63, 3.8) is 0 Å². The van der Waals surface area contributed by atoms with Crippen molar-refractivity contribution in [3.8, 4) is 0 Å². The average molecular weight is 1490 g/mol. The van der Waals surface area contributed by atoms with Gasteiger partial charge in [-0.2, -0.15) is 0 Å². The molecule has 0 spiro atoms. The quantitative estimate of drug-likeness (QED) is 0.0222. The topological polar surface area (TPSA) is 237 Å². The van der Waals surface area contributed by atoms with Crippen LogP contribution in [0, 0.1) is 0 Å². The first kappa shape index (κ1) is 100. The number of hydrogen-bond acceptors (Lipinski definition) is 15. The maximum absolute atomic E-state index is 13.1. The van der Waals surface area contributed by atoms with Crippen molar-refractivity contribution >= 4 is 39.5 Å². The molecule has 102 heavy (non-hydrogen) atoms. The zero-order valence-electron chi connectivity index (χ0n) is 66.6. The third-order valence-corrected chi connectivity index (χ3v) is 21.5. The molecule has 0 aliphatic heterocycles. The fourth-order valence-corrected chi connectivity index (χ4v) is 14.6. The van der Waals surface area contributed by atoms with Crippen molar-refractivity contribution in [2.45, 2.75) is 470 Å². The number of unbranched alkanes of at least 4 members (excludes halogenated alkanes) is 58. The number of carbonyl (C=O) groups is 4. The second-order valence-corrected chi connectivity index (χ2v) is 32.8. The lowest BCUT2D eigenvalue weighted by atomic mass is 10.0. The largest absolute Gasteiger partial charge is 0.472 e. The average Bonchev–Trinajstić information content (AvgIpc) is 0.934. The van der Waals surface area contributed by atoms with Crippen LogP contribution in [0.1, 0.15) is 451 Å². The highest BCUT2D eigenvalue weighted by molar-refractivity contribution is 7.47. The molecule has 19 heteroatoms. The van der Waals surface area contributed by atoms with Gasteiger partial charge in [0.1, 0.15) is 19.3 Å². The van der Waals surface area contributed by atoms with E-state index in [0.717, 1.165) is 89.9 Å². The Balaban J connectivity index is 5.24. The first-order chi connectivity index (χ1) is 49.7. The van der Waals surface area contributed by atoms with Gasteiger partial charge in [0.25, 0.3) is 0 Å². The first-order valence-electron chi connectivity index (χ1n) is 43.3. The van der Waals surface area contributed by atoms with E-state index in [0.29, 0.717) is 25.7 Å². The zero-order chi connectivity index (χ0) is 74.6. The summed E-state index contributed by atoms with van der Waals surface area (Å²) in [6.07, 6.45) is 70.6. The molecule has 0 fully saturated rings. The highest BCUT2D eigenvalue weighted by Crippen LogP contribution is 2.45. The maximum Gasteiger partial charge on any atom is 0.472 e. The summed E-state index contributed by atoms with van der Waals surface area (Å²) in [6.45, 7) is 5.05. The Morgan fingerprint density at radius 1 is 0.235 bits per heavy atom. The van der Waals surface area contributed by atoms with E-state index in [1.165, 1.54) is 283 Å². The molecule has 0 rings (SSSR count). The lowest BCUT2D eigenvalue weighted by Crippen LogP contribution is -2.30. The molecule has 0 saturated heterocycles. The van der Waals surface area contributed by atoms with E-state index in [-0.39, 0.29) is 25.7 Å². The molecule has 0 heterocycles. The summed E-state index contributed by atoms with van der Waals surface area (Å²) in [5, 5.41) is 10.7. The summed E-state index contributed by atoms with van der Waals surface area (Å²) in [7, 11) is -9.92. The van der Waals surface area contributed by atoms with Crippen molar-refractivity contribution < 1.29 is 80.2 Å². The van der Waals surface area contributed by atoms with Crippen molar-refractivity contribution in [3.05, 3.63) is 0 Å². The summed E-state index contributed by atoms with van der Waals surface area (Å²) in [6, 6.07) is 0. The Morgan fingerprint density at radius 3 is 0.578 bits per heavy atom. The minimum absolute atomic E-state index is 0.109. The molecule has 17 nitrogen and oxygen atoms in total. The van der Waals surface area contributed by atoms with Crippen LogP contribution >= 0.6 is 15.6 Å². The monoisotopic (exact) mass is 1490 g/mol. The predicted molar refractivity (Wildman–Crippen MR) is 419 cm³/mol. The van der Waals surface area contributed by atoms with Crippen molar-refractivity contribution in [1.29, 1.82) is 0 Å². The summed E-state index contributed by atoms with van der Waals surface area (Å²) >= 11 is 0. The fraction of sp³-hybridized carbons (Fsp3) is 0.952. The van der Waals surface area contributed by atoms with Gasteiger partial charge in [-0.1, -0.05) is 400 Å². The predicted octanol–water partition coefficient (Wildman–Crippen LogP) is 25.4. The first-order valence-corrected chi connectivity index (χ1v) is 46.3. The Kier molecular flexibility index (Phi) is 75.8. The van der Waals surface area contributed by atoms with Crippen molar-refractivity contribution in [2.24, 2.45) is 0 Å². The highest BCUT2D eigenvalue weighted by atomic mass is 31.2. The van der Waals surface area contributed by atoms with E-state index in [1.54, 1.807) is 0 Å². The van der Waals surface area contributed by atoms with E-state index in [9.17, 15) is 43.2 Å². The number of ether oxygens (including phenoxy) is 4. The zero-order valence-corrected chi connectivity index (χ0v) is 68.4. The Bertz CT molecular complexity index is 1930. The molecule has 0 bridgehead atoms. The smallest absolute Gasteiger partial charge is 0.462 e. The van der Waals surface area contributed by atoms with Crippen LogP contribution in [0.25, 0.3) is 0 Å². The van der Waals surface area contributed by atoms with Crippen LogP contribution in [0.5, 0.6) is 0 Å². The molecule has 0 amide bonds. The third kappa shape index (κ3) is 76.3. The molecule has 0 aromatic heterocycles. The Labute approximate surface area is 626 Å². The normalized spacial score (nSPS) is 13.8. The molecule has 606 valence electrons. The molecule has 0 aromatic rings. The molecular weight excluding hydrogens is 1330 g/mol.